The molecule has 0 aliphatic heterocycles. The number of amidine groups is 1. The number of benzene rings is 1. The third-order valence-electron chi connectivity index (χ3n) is 3.95. The molecule has 2 rings (SSSR count). The number of nitrogens with two attached hydrogens (primary N) is 1. The van der Waals surface area contributed by atoms with Gasteiger partial charge in [-0.15, -0.1) is 0 Å². The summed E-state index contributed by atoms with van der Waals surface area (Å²) < 4.78 is 5.35. The van der Waals surface area contributed by atoms with E-state index in [4.69, 9.17) is 10.5 Å². The molecule has 0 saturated carbocycles. The maximum Gasteiger partial charge on any atom is 0.101 e. The maximum absolute atomic E-state index is 9.82. The van der Waals surface area contributed by atoms with Crippen LogP contribution in [0.2, 0.25) is 0 Å². The minimum absolute atomic E-state index is 0.300. The van der Waals surface area contributed by atoms with Crippen molar-refractivity contribution in [3.63, 3.8) is 0 Å². The van der Waals surface area contributed by atoms with Gasteiger partial charge in [0.25, 0.3) is 0 Å². The Morgan fingerprint density at radius 2 is 2.29 bits per heavy atom. The van der Waals surface area contributed by atoms with Crippen LogP contribution in [0.25, 0.3) is 0 Å². The lowest BCUT2D eigenvalue weighted by Crippen LogP contribution is -2.28. The number of rotatable bonds is 5. The van der Waals surface area contributed by atoms with Gasteiger partial charge in [-0.2, -0.15) is 0 Å². The van der Waals surface area contributed by atoms with Gasteiger partial charge in [-0.1, -0.05) is 6.07 Å². The average Bonchev–Trinajstić information content (AvgIpc) is 2.74. The average molecular weight is 291 g/mol. The van der Waals surface area contributed by atoms with Crippen molar-refractivity contribution in [1.82, 2.24) is 4.90 Å². The summed E-state index contributed by atoms with van der Waals surface area (Å²) in [7, 11) is 2.00. The molecular formula is C16H25N3O2. The Morgan fingerprint density at radius 3 is 3.00 bits per heavy atom. The lowest BCUT2D eigenvalue weighted by molar-refractivity contribution is 0.137. The third kappa shape index (κ3) is 3.81. The molecule has 1 aromatic rings. The van der Waals surface area contributed by atoms with Crippen LogP contribution in [0.15, 0.2) is 23.2 Å². The smallest absolute Gasteiger partial charge is 0.101 e. The molecule has 1 aliphatic rings. The molecule has 1 aromatic carbocycles. The molecule has 116 valence electrons. The highest BCUT2D eigenvalue weighted by molar-refractivity contribution is 5.82. The van der Waals surface area contributed by atoms with E-state index in [1.54, 1.807) is 0 Å². The highest BCUT2D eigenvalue weighted by atomic mass is 16.5. The van der Waals surface area contributed by atoms with E-state index in [9.17, 15) is 5.11 Å². The van der Waals surface area contributed by atoms with Crippen LogP contribution in [-0.2, 0) is 11.2 Å². The maximum atomic E-state index is 9.82. The Labute approximate surface area is 126 Å². The molecule has 5 heteroatoms. The van der Waals surface area contributed by atoms with Crippen molar-refractivity contribution in [1.29, 1.82) is 0 Å². The number of hydrogen-bond acceptors (Lipinski definition) is 4. The van der Waals surface area contributed by atoms with Crippen LogP contribution < -0.4 is 5.73 Å². The first kappa shape index (κ1) is 15.9. The number of ether oxygens (including phenoxy) is 1. The molecule has 0 heterocycles. The lowest BCUT2D eigenvalue weighted by Gasteiger charge is -2.18. The van der Waals surface area contributed by atoms with Gasteiger partial charge in [0.15, 0.2) is 0 Å². The van der Waals surface area contributed by atoms with E-state index >= 15 is 0 Å². The van der Waals surface area contributed by atoms with Gasteiger partial charge in [0.05, 0.1) is 24.4 Å². The number of aliphatic hydroxyl groups is 1. The van der Waals surface area contributed by atoms with Crippen LogP contribution in [0.5, 0.6) is 0 Å². The number of aliphatic hydroxyl groups excluding tert-OH is 1. The Kier molecular flexibility index (Phi) is 5.33. The Morgan fingerprint density at radius 1 is 1.52 bits per heavy atom. The number of nitrogens with zero attached hydrogens (tertiary/aromatic N) is 2. The van der Waals surface area contributed by atoms with Gasteiger partial charge < -0.3 is 20.5 Å². The first-order valence-electron chi connectivity index (χ1n) is 7.43. The first-order chi connectivity index (χ1) is 10.0. The summed E-state index contributed by atoms with van der Waals surface area (Å²) >= 11 is 0. The van der Waals surface area contributed by atoms with Crippen molar-refractivity contribution in [3.05, 3.63) is 29.3 Å². The van der Waals surface area contributed by atoms with Gasteiger partial charge in [0.1, 0.15) is 5.84 Å². The molecule has 0 spiro atoms. The molecule has 5 nitrogen and oxygen atoms in total. The van der Waals surface area contributed by atoms with Crippen LogP contribution in [0, 0.1) is 0 Å². The van der Waals surface area contributed by atoms with Gasteiger partial charge in [-0.3, -0.25) is 0 Å². The van der Waals surface area contributed by atoms with E-state index in [2.05, 4.69) is 9.89 Å². The zero-order chi connectivity index (χ0) is 15.4. The summed E-state index contributed by atoms with van der Waals surface area (Å²) in [5, 5.41) is 9.82. The number of aliphatic imine (C=N–C) groups is 1. The lowest BCUT2D eigenvalue weighted by atomic mass is 10.1. The summed E-state index contributed by atoms with van der Waals surface area (Å²) in [6, 6.07) is 5.67. The van der Waals surface area contributed by atoms with Gasteiger partial charge >= 0.3 is 0 Å². The predicted octanol–water partition coefficient (Wildman–Crippen LogP) is 1.62. The minimum Gasteiger partial charge on any atom is -0.391 e. The van der Waals surface area contributed by atoms with E-state index in [0.717, 1.165) is 35.8 Å². The zero-order valence-electron chi connectivity index (χ0n) is 13.0. The van der Waals surface area contributed by atoms with Crippen LogP contribution in [0.3, 0.4) is 0 Å². The fraction of sp³-hybridized carbons (Fsp3) is 0.562. The minimum atomic E-state index is -0.478. The van der Waals surface area contributed by atoms with Gasteiger partial charge in [0.2, 0.25) is 0 Å². The fourth-order valence-electron chi connectivity index (χ4n) is 2.49. The molecule has 0 saturated heterocycles. The molecule has 21 heavy (non-hydrogen) atoms. The molecule has 0 aromatic heterocycles. The predicted molar refractivity (Wildman–Crippen MR) is 85.0 cm³/mol. The highest BCUT2D eigenvalue weighted by Gasteiger charge is 2.27. The first-order valence-corrected chi connectivity index (χ1v) is 7.43. The highest BCUT2D eigenvalue weighted by Crippen LogP contribution is 2.32. The van der Waals surface area contributed by atoms with Crippen molar-refractivity contribution in [2.45, 2.75) is 32.4 Å². The van der Waals surface area contributed by atoms with Gasteiger partial charge in [0, 0.05) is 26.6 Å². The van der Waals surface area contributed by atoms with Crippen molar-refractivity contribution in [2.75, 3.05) is 26.8 Å². The quantitative estimate of drug-likeness (QED) is 0.491. The van der Waals surface area contributed by atoms with Crippen LogP contribution in [0.1, 0.15) is 31.0 Å². The van der Waals surface area contributed by atoms with Crippen molar-refractivity contribution < 1.29 is 9.84 Å². The summed E-state index contributed by atoms with van der Waals surface area (Å²) in [5.41, 5.74) is 9.01. The van der Waals surface area contributed by atoms with Crippen LogP contribution in [-0.4, -0.2) is 48.8 Å². The monoisotopic (exact) mass is 291 g/mol. The standard InChI is InChI=1S/C16H25N3O2/c1-4-21-8-7-19(3)11(2)18-13-6-5-12-9-15(20)16(17)14(12)10-13/h5-6,10,15-16,20H,4,7-9,17H2,1-3H3/t15-,16-/m1/s1. The van der Waals surface area contributed by atoms with Crippen LogP contribution >= 0.6 is 0 Å². The molecule has 3 N–H and O–H groups in total. The van der Waals surface area contributed by atoms with Gasteiger partial charge in [-0.25, -0.2) is 4.99 Å². The molecule has 0 unspecified atom stereocenters. The Balaban J connectivity index is 2.07. The van der Waals surface area contributed by atoms with E-state index in [0.29, 0.717) is 13.0 Å². The number of likely N-dealkylation sites (N-methyl/N-ethyl adjacent to an activating group) is 1. The van der Waals surface area contributed by atoms with Crippen molar-refractivity contribution in [2.24, 2.45) is 10.7 Å². The van der Waals surface area contributed by atoms with Crippen LogP contribution in [0.4, 0.5) is 5.69 Å². The Bertz CT molecular complexity index is 516. The topological polar surface area (TPSA) is 71.1 Å². The SMILES string of the molecule is CCOCCN(C)C(C)=Nc1ccc2c(c1)[C@@H](N)[C@H](O)C2. The summed E-state index contributed by atoms with van der Waals surface area (Å²) in [4.78, 5) is 6.69. The molecular weight excluding hydrogens is 266 g/mol. The fourth-order valence-corrected chi connectivity index (χ4v) is 2.49. The van der Waals surface area contributed by atoms with E-state index in [-0.39, 0.29) is 6.04 Å². The summed E-state index contributed by atoms with van der Waals surface area (Å²) in [6.45, 7) is 6.21. The molecule has 1 aliphatic carbocycles. The van der Waals surface area contributed by atoms with E-state index in [1.165, 1.54) is 0 Å². The molecule has 2 atom stereocenters. The number of hydrogen-bond donors (Lipinski definition) is 2. The molecule has 0 bridgehead atoms. The normalized spacial score (nSPS) is 21.5. The largest absolute Gasteiger partial charge is 0.391 e. The summed E-state index contributed by atoms with van der Waals surface area (Å²) in [5.74, 6) is 0.932. The second kappa shape index (κ2) is 7.02. The van der Waals surface area contributed by atoms with Gasteiger partial charge in [-0.05, 0) is 37.1 Å². The van der Waals surface area contributed by atoms with Crippen molar-refractivity contribution in [3.8, 4) is 0 Å². The number of fused-ring (bicyclic) bond motifs is 1. The molecule has 0 fully saturated rings. The van der Waals surface area contributed by atoms with E-state index in [1.807, 2.05) is 39.1 Å². The zero-order valence-corrected chi connectivity index (χ0v) is 13.0. The Hall–Kier alpha value is -1.43. The van der Waals surface area contributed by atoms with E-state index < -0.39 is 6.10 Å². The second-order valence-corrected chi connectivity index (χ2v) is 5.46. The van der Waals surface area contributed by atoms with Crippen molar-refractivity contribution >= 4 is 11.5 Å². The molecule has 0 radical (unpaired) electrons. The molecule has 0 amide bonds. The summed E-state index contributed by atoms with van der Waals surface area (Å²) in [6.07, 6.45) is 0.155. The second-order valence-electron chi connectivity index (χ2n) is 5.46. The third-order valence-corrected chi connectivity index (χ3v) is 3.95.